The Balaban J connectivity index is 1.71. The molecule has 4 rings (SSSR count). The van der Waals surface area contributed by atoms with Crippen molar-refractivity contribution in [2.24, 2.45) is 28.6 Å². The van der Waals surface area contributed by atoms with E-state index in [1.54, 1.807) is 0 Å². The van der Waals surface area contributed by atoms with E-state index in [4.69, 9.17) is 0 Å². The van der Waals surface area contributed by atoms with Crippen molar-refractivity contribution >= 4 is 19.6 Å². The molecule has 30 heavy (non-hydrogen) atoms. The van der Waals surface area contributed by atoms with E-state index in [0.717, 1.165) is 32.1 Å². The molecule has 0 heterocycles. The van der Waals surface area contributed by atoms with E-state index in [1.807, 2.05) is 0 Å². The third kappa shape index (κ3) is 2.79. The maximum atomic E-state index is 13.5. The molecule has 0 aromatic rings. The molecule has 0 N–H and O–H groups in total. The van der Waals surface area contributed by atoms with Gasteiger partial charge < -0.3 is 0 Å². The summed E-state index contributed by atoms with van der Waals surface area (Å²) in [6.45, 7) is 19.1. The molecule has 4 aliphatic carbocycles. The molecule has 5 atom stereocenters. The molecular formula is C27H42O2Si. The van der Waals surface area contributed by atoms with E-state index in [2.05, 4.69) is 66.8 Å². The Morgan fingerprint density at radius 1 is 1.03 bits per heavy atom. The fraction of sp³-hybridized carbons (Fsp3) is 0.778. The highest BCUT2D eigenvalue weighted by atomic mass is 28.3. The van der Waals surface area contributed by atoms with Gasteiger partial charge in [0.2, 0.25) is 0 Å². The monoisotopic (exact) mass is 426 g/mol. The Morgan fingerprint density at radius 3 is 2.30 bits per heavy atom. The molecule has 0 aliphatic heterocycles. The summed E-state index contributed by atoms with van der Waals surface area (Å²) in [5.41, 5.74) is 3.10. The van der Waals surface area contributed by atoms with Crippen molar-refractivity contribution in [1.82, 2.24) is 0 Å². The fourth-order valence-corrected chi connectivity index (χ4v) is 11.8. The van der Waals surface area contributed by atoms with Crippen LogP contribution in [0.2, 0.25) is 23.7 Å². The molecule has 0 bridgehead atoms. The summed E-state index contributed by atoms with van der Waals surface area (Å²) in [5, 5.41) is 0.223. The number of ketones is 2. The van der Waals surface area contributed by atoms with Crippen molar-refractivity contribution in [3.8, 4) is 0 Å². The Labute approximate surface area is 185 Å². The van der Waals surface area contributed by atoms with Crippen molar-refractivity contribution in [2.45, 2.75) is 104 Å². The maximum absolute atomic E-state index is 13.5. The van der Waals surface area contributed by atoms with Gasteiger partial charge in [0, 0.05) is 23.8 Å². The van der Waals surface area contributed by atoms with Crippen LogP contribution in [0.15, 0.2) is 23.3 Å². The minimum absolute atomic E-state index is 0.0902. The van der Waals surface area contributed by atoms with E-state index < -0.39 is 8.07 Å². The van der Waals surface area contributed by atoms with Crippen LogP contribution in [-0.2, 0) is 9.59 Å². The van der Waals surface area contributed by atoms with Crippen LogP contribution in [0.4, 0.5) is 0 Å². The zero-order valence-corrected chi connectivity index (χ0v) is 21.5. The average molecular weight is 427 g/mol. The van der Waals surface area contributed by atoms with Gasteiger partial charge in [-0.25, -0.2) is 0 Å². The number of rotatable bonds is 3. The van der Waals surface area contributed by atoms with Crippen LogP contribution in [0.25, 0.3) is 0 Å². The molecular weight excluding hydrogens is 384 g/mol. The van der Waals surface area contributed by atoms with Gasteiger partial charge in [-0.15, -0.1) is 0 Å². The highest BCUT2D eigenvalue weighted by molar-refractivity contribution is 6.84. The van der Waals surface area contributed by atoms with Crippen molar-refractivity contribution in [1.29, 1.82) is 0 Å². The van der Waals surface area contributed by atoms with Gasteiger partial charge in [-0.1, -0.05) is 77.9 Å². The lowest BCUT2D eigenvalue weighted by atomic mass is 9.51. The van der Waals surface area contributed by atoms with Gasteiger partial charge >= 0.3 is 0 Å². The van der Waals surface area contributed by atoms with E-state index >= 15 is 0 Å². The second kappa shape index (κ2) is 6.77. The topological polar surface area (TPSA) is 34.1 Å². The van der Waals surface area contributed by atoms with Crippen LogP contribution < -0.4 is 0 Å². The first kappa shape index (κ1) is 22.2. The van der Waals surface area contributed by atoms with Crippen molar-refractivity contribution < 1.29 is 9.59 Å². The molecule has 0 spiro atoms. The minimum Gasteiger partial charge on any atom is -0.299 e. The molecule has 0 aromatic carbocycles. The molecule has 0 aromatic heterocycles. The van der Waals surface area contributed by atoms with Crippen LogP contribution in [-0.4, -0.2) is 19.6 Å². The normalized spacial score (nSPS) is 39.3. The fourth-order valence-electron chi connectivity index (χ4n) is 7.54. The van der Waals surface area contributed by atoms with E-state index in [1.165, 1.54) is 11.1 Å². The van der Waals surface area contributed by atoms with Gasteiger partial charge in [0.05, 0.1) is 8.07 Å². The highest BCUT2D eigenvalue weighted by Gasteiger charge is 2.60. The Bertz CT molecular complexity index is 845. The second-order valence-corrected chi connectivity index (χ2v) is 18.2. The van der Waals surface area contributed by atoms with E-state index in [0.29, 0.717) is 35.7 Å². The summed E-state index contributed by atoms with van der Waals surface area (Å²) in [4.78, 5) is 26.2. The number of allylic oxidation sites excluding steroid dienone is 4. The standard InChI is InChI=1S/C27H42O2Si/c1-17(2)25(3,4)30(7,8)23-16-27(6)18(15-22(23)28)9-10-19-20-11-12-24(29)26(20,5)14-13-21(19)27/h9-10,17,20-21,23H,11-16H2,1-8H3/t20-,21-,23?,26-,27-/m0/s1. The molecule has 4 aliphatic rings. The van der Waals surface area contributed by atoms with Crippen molar-refractivity contribution in [3.63, 3.8) is 0 Å². The van der Waals surface area contributed by atoms with Crippen LogP contribution in [0.5, 0.6) is 0 Å². The first-order chi connectivity index (χ1) is 13.8. The summed E-state index contributed by atoms with van der Waals surface area (Å²) in [5.74, 6) is 2.50. The first-order valence-corrected chi connectivity index (χ1v) is 15.3. The summed E-state index contributed by atoms with van der Waals surface area (Å²) < 4.78 is 0. The Kier molecular flexibility index (Phi) is 5.02. The summed E-state index contributed by atoms with van der Waals surface area (Å²) in [6.07, 6.45) is 10.2. The summed E-state index contributed by atoms with van der Waals surface area (Å²) in [6, 6.07) is 0. The quantitative estimate of drug-likeness (QED) is 0.450. The molecule has 0 saturated heterocycles. The van der Waals surface area contributed by atoms with Crippen molar-refractivity contribution in [3.05, 3.63) is 23.3 Å². The van der Waals surface area contributed by atoms with E-state index in [-0.39, 0.29) is 21.4 Å². The molecule has 0 amide bonds. The number of fused-ring (bicyclic) bond motifs is 5. The van der Waals surface area contributed by atoms with Crippen molar-refractivity contribution in [2.75, 3.05) is 0 Å². The van der Waals surface area contributed by atoms with Gasteiger partial charge in [0.15, 0.2) is 0 Å². The molecule has 3 fully saturated rings. The number of carbonyl (C=O) groups excluding carboxylic acids is 2. The Hall–Kier alpha value is -0.963. The molecule has 3 saturated carbocycles. The third-order valence-electron chi connectivity index (χ3n) is 11.2. The maximum Gasteiger partial charge on any atom is 0.139 e. The van der Waals surface area contributed by atoms with Gasteiger partial charge in [-0.3, -0.25) is 9.59 Å². The van der Waals surface area contributed by atoms with Crippen LogP contribution >= 0.6 is 0 Å². The summed E-state index contributed by atoms with van der Waals surface area (Å²) in [7, 11) is -1.84. The predicted octanol–water partition coefficient (Wildman–Crippen LogP) is 7.13. The zero-order valence-electron chi connectivity index (χ0n) is 20.5. The Morgan fingerprint density at radius 2 is 1.67 bits per heavy atom. The van der Waals surface area contributed by atoms with Crippen LogP contribution in [0.1, 0.15) is 80.1 Å². The number of carbonyl (C=O) groups is 2. The highest BCUT2D eigenvalue weighted by Crippen LogP contribution is 2.65. The molecule has 1 unspecified atom stereocenters. The first-order valence-electron chi connectivity index (χ1n) is 12.2. The largest absolute Gasteiger partial charge is 0.299 e. The lowest BCUT2D eigenvalue weighted by Crippen LogP contribution is -2.54. The van der Waals surface area contributed by atoms with E-state index in [9.17, 15) is 9.59 Å². The van der Waals surface area contributed by atoms with Gasteiger partial charge in [-0.2, -0.15) is 0 Å². The van der Waals surface area contributed by atoms with Gasteiger partial charge in [0.1, 0.15) is 11.6 Å². The smallest absolute Gasteiger partial charge is 0.139 e. The van der Waals surface area contributed by atoms with Crippen LogP contribution in [0, 0.1) is 28.6 Å². The lowest BCUT2D eigenvalue weighted by Gasteiger charge is -2.57. The molecule has 0 radical (unpaired) electrons. The van der Waals surface area contributed by atoms with Gasteiger partial charge in [-0.05, 0) is 53.9 Å². The summed E-state index contributed by atoms with van der Waals surface area (Å²) >= 11 is 0. The number of hydrogen-bond donors (Lipinski definition) is 0. The average Bonchev–Trinajstić information content (AvgIpc) is 2.96. The van der Waals surface area contributed by atoms with Gasteiger partial charge in [0.25, 0.3) is 0 Å². The zero-order chi connectivity index (χ0) is 22.3. The second-order valence-electron chi connectivity index (χ2n) is 12.8. The minimum atomic E-state index is -1.84. The third-order valence-corrected chi connectivity index (χ3v) is 17.3. The molecule has 166 valence electrons. The number of hydrogen-bond acceptors (Lipinski definition) is 2. The molecule has 3 heteroatoms. The lowest BCUT2D eigenvalue weighted by molar-refractivity contribution is -0.127. The SMILES string of the molecule is CC(C)C(C)(C)[Si](C)(C)C1C[C@@]2(C)C(=CC=C3[C@@H]2CC[C@]2(C)C(=O)CC[C@@H]32)CC1=O. The number of Topliss-reactive ketones (excluding diaryl/α,β-unsaturated/α-hetero) is 2. The predicted molar refractivity (Wildman–Crippen MR) is 127 cm³/mol. The van der Waals surface area contributed by atoms with Crippen LogP contribution in [0.3, 0.4) is 0 Å². The molecule has 2 nitrogen and oxygen atoms in total.